The molecule has 0 saturated carbocycles. The average molecular weight is 920 g/mol. The number of fused-ring (bicyclic) bond motifs is 2. The van der Waals surface area contributed by atoms with Gasteiger partial charge in [0.15, 0.2) is 5.60 Å². The Hall–Kier alpha value is -6.10. The van der Waals surface area contributed by atoms with Gasteiger partial charge in [-0.05, 0) is 91.4 Å². The van der Waals surface area contributed by atoms with E-state index >= 15 is 0 Å². The highest BCUT2D eigenvalue weighted by Crippen LogP contribution is 2.42. The van der Waals surface area contributed by atoms with Crippen molar-refractivity contribution in [3.8, 4) is 22.1 Å². The van der Waals surface area contributed by atoms with Crippen molar-refractivity contribution in [2.75, 3.05) is 63.1 Å². The molecule has 0 aliphatic carbocycles. The fourth-order valence-corrected chi connectivity index (χ4v) is 10.6. The summed E-state index contributed by atoms with van der Waals surface area (Å²) >= 11 is 7.93. The number of carbonyl (C=O) groups excluding carboxylic acids is 5. The Balaban J connectivity index is 0.768. The molecule has 0 spiro atoms. The average Bonchev–Trinajstić information content (AvgIpc) is 3.77. The van der Waals surface area contributed by atoms with Crippen molar-refractivity contribution >= 4 is 74.2 Å². The summed E-state index contributed by atoms with van der Waals surface area (Å²) < 4.78 is 13.7. The van der Waals surface area contributed by atoms with Crippen molar-refractivity contribution in [1.82, 2.24) is 30.8 Å². The van der Waals surface area contributed by atoms with Crippen LogP contribution in [0.1, 0.15) is 67.9 Å². The van der Waals surface area contributed by atoms with E-state index in [1.165, 1.54) is 11.3 Å². The van der Waals surface area contributed by atoms with Gasteiger partial charge in [-0.1, -0.05) is 35.9 Å². The van der Waals surface area contributed by atoms with Crippen molar-refractivity contribution in [2.24, 2.45) is 5.92 Å². The maximum Gasteiger partial charge on any atom is 0.264 e. The standard InChI is InChI=1S/C48H51ClN8O7S/c1-50-47(62)48(64-39-8-3-2-5-33(39)45-54-38-7-4-6-36(49)43(38)65-45)17-22-57(23-18-48)46(61)35-26-42(59)53-37-12-10-31(25-34(35)37)63-24-19-51-27-29-15-20-56(21-16-29)40-13-9-30(28-52-40)32-11-14-41(58)55-44(32)60/h2-10,12-13,25,28-29,32,35,51H,11,14-24,26-27H2,1H3,(H,50,62)(H,53,59)(H,55,58,60)/t32?,35-/m0/s1. The lowest BCUT2D eigenvalue weighted by molar-refractivity contribution is -0.147. The Labute approximate surface area is 385 Å². The fraction of sp³-hybridized carbons (Fsp3) is 0.396. The van der Waals surface area contributed by atoms with Crippen molar-refractivity contribution in [3.05, 3.63) is 95.1 Å². The molecule has 4 N–H and O–H groups in total. The quantitative estimate of drug-likeness (QED) is 0.0800. The van der Waals surface area contributed by atoms with E-state index in [0.29, 0.717) is 59.7 Å². The molecule has 4 aliphatic heterocycles. The Kier molecular flexibility index (Phi) is 13.0. The number of hydrogen-bond donors (Lipinski definition) is 4. The number of likely N-dealkylation sites (tertiary alicyclic amines) is 1. The third kappa shape index (κ3) is 9.51. The van der Waals surface area contributed by atoms with Crippen LogP contribution in [0.2, 0.25) is 5.02 Å². The van der Waals surface area contributed by atoms with Gasteiger partial charge in [-0.2, -0.15) is 0 Å². The number of likely N-dealkylation sites (N-methyl/N-ethyl adjacent to an activating group) is 1. The molecular weight excluding hydrogens is 868 g/mol. The maximum absolute atomic E-state index is 14.3. The number of benzene rings is 3. The minimum absolute atomic E-state index is 0.00649. The molecular formula is C48H51ClN8O7S. The minimum atomic E-state index is -1.24. The van der Waals surface area contributed by atoms with Gasteiger partial charge < -0.3 is 35.2 Å². The molecule has 3 aromatic carbocycles. The number of aromatic nitrogens is 2. The summed E-state index contributed by atoms with van der Waals surface area (Å²) in [6.07, 6.45) is 5.14. The van der Waals surface area contributed by atoms with Gasteiger partial charge in [0.05, 0.1) is 32.6 Å². The molecule has 0 bridgehead atoms. The molecule has 65 heavy (non-hydrogen) atoms. The van der Waals surface area contributed by atoms with Gasteiger partial charge in [0, 0.05) is 77.3 Å². The molecule has 17 heteroatoms. The number of anilines is 2. The van der Waals surface area contributed by atoms with E-state index in [-0.39, 0.29) is 67.8 Å². The monoisotopic (exact) mass is 918 g/mol. The molecule has 1 unspecified atom stereocenters. The predicted octanol–water partition coefficient (Wildman–Crippen LogP) is 6.03. The highest BCUT2D eigenvalue weighted by Gasteiger charge is 2.46. The van der Waals surface area contributed by atoms with Crippen LogP contribution in [-0.2, 0) is 24.0 Å². The minimum Gasteiger partial charge on any atom is -0.492 e. The number of amides is 5. The lowest BCUT2D eigenvalue weighted by Gasteiger charge is -2.42. The van der Waals surface area contributed by atoms with Crippen LogP contribution in [0.25, 0.3) is 20.8 Å². The lowest BCUT2D eigenvalue weighted by Crippen LogP contribution is -2.58. The van der Waals surface area contributed by atoms with E-state index in [4.69, 9.17) is 26.1 Å². The van der Waals surface area contributed by atoms with Gasteiger partial charge in [0.2, 0.25) is 23.6 Å². The molecule has 5 amide bonds. The largest absolute Gasteiger partial charge is 0.492 e. The molecule has 338 valence electrons. The second kappa shape index (κ2) is 19.2. The number of ether oxygens (including phenoxy) is 2. The molecule has 3 fully saturated rings. The molecule has 2 aromatic heterocycles. The van der Waals surface area contributed by atoms with Gasteiger partial charge in [-0.25, -0.2) is 9.97 Å². The zero-order valence-electron chi connectivity index (χ0n) is 36.1. The van der Waals surface area contributed by atoms with Crippen LogP contribution in [0.15, 0.2) is 79.0 Å². The van der Waals surface area contributed by atoms with Crippen LogP contribution < -0.4 is 35.6 Å². The Morgan fingerprint density at radius 3 is 2.51 bits per heavy atom. The van der Waals surface area contributed by atoms with Crippen LogP contribution in [0.5, 0.6) is 11.5 Å². The number of halogens is 1. The Morgan fingerprint density at radius 1 is 0.938 bits per heavy atom. The molecule has 4 aliphatic rings. The number of carbonyl (C=O) groups is 5. The molecule has 0 radical (unpaired) electrons. The third-order valence-electron chi connectivity index (χ3n) is 13.0. The number of piperidine rings is 3. The summed E-state index contributed by atoms with van der Waals surface area (Å²) in [6.45, 7) is 4.22. The fourth-order valence-electron chi connectivity index (χ4n) is 9.35. The van der Waals surface area contributed by atoms with Gasteiger partial charge in [0.1, 0.15) is 28.9 Å². The van der Waals surface area contributed by atoms with Crippen LogP contribution >= 0.6 is 22.9 Å². The van der Waals surface area contributed by atoms with E-state index in [0.717, 1.165) is 64.6 Å². The number of nitrogens with zero attached hydrogens (tertiary/aromatic N) is 4. The molecule has 6 heterocycles. The summed E-state index contributed by atoms with van der Waals surface area (Å²) in [6, 6.07) is 22.5. The Morgan fingerprint density at radius 2 is 1.75 bits per heavy atom. The van der Waals surface area contributed by atoms with E-state index in [9.17, 15) is 24.0 Å². The van der Waals surface area contributed by atoms with Crippen molar-refractivity contribution in [3.63, 3.8) is 0 Å². The number of hydrogen-bond acceptors (Lipinski definition) is 12. The van der Waals surface area contributed by atoms with E-state index in [1.807, 2.05) is 66.7 Å². The van der Waals surface area contributed by atoms with Gasteiger partial charge >= 0.3 is 0 Å². The summed E-state index contributed by atoms with van der Waals surface area (Å²) in [7, 11) is 1.58. The van der Waals surface area contributed by atoms with Crippen LogP contribution in [0.4, 0.5) is 11.5 Å². The van der Waals surface area contributed by atoms with E-state index < -0.39 is 11.5 Å². The van der Waals surface area contributed by atoms with Gasteiger partial charge in [-0.3, -0.25) is 29.3 Å². The first-order chi connectivity index (χ1) is 31.6. The number of nitrogens with one attached hydrogen (secondary N) is 4. The maximum atomic E-state index is 14.3. The van der Waals surface area contributed by atoms with Crippen molar-refractivity contribution in [1.29, 1.82) is 0 Å². The summed E-state index contributed by atoms with van der Waals surface area (Å²) in [5.41, 5.74) is 2.41. The Bertz CT molecular complexity index is 2610. The smallest absolute Gasteiger partial charge is 0.264 e. The van der Waals surface area contributed by atoms with Gasteiger partial charge in [-0.15, -0.1) is 11.3 Å². The molecule has 9 rings (SSSR count). The number of imide groups is 1. The first kappa shape index (κ1) is 44.1. The van der Waals surface area contributed by atoms with Gasteiger partial charge in [0.25, 0.3) is 5.91 Å². The normalized spacial score (nSPS) is 19.9. The highest BCUT2D eigenvalue weighted by molar-refractivity contribution is 7.22. The molecule has 15 nitrogen and oxygen atoms in total. The van der Waals surface area contributed by atoms with E-state index in [1.54, 1.807) is 24.2 Å². The van der Waals surface area contributed by atoms with Crippen LogP contribution in [0, 0.1) is 5.92 Å². The molecule has 2 atom stereocenters. The summed E-state index contributed by atoms with van der Waals surface area (Å²) in [5, 5.41) is 13.0. The van der Waals surface area contributed by atoms with Crippen LogP contribution in [0.3, 0.4) is 0 Å². The third-order valence-corrected chi connectivity index (χ3v) is 14.6. The first-order valence-corrected chi connectivity index (χ1v) is 23.4. The second-order valence-electron chi connectivity index (χ2n) is 17.1. The number of pyridine rings is 1. The van der Waals surface area contributed by atoms with Crippen molar-refractivity contribution < 1.29 is 33.4 Å². The zero-order valence-corrected chi connectivity index (χ0v) is 37.6. The van der Waals surface area contributed by atoms with Crippen molar-refractivity contribution in [2.45, 2.75) is 62.4 Å². The summed E-state index contributed by atoms with van der Waals surface area (Å²) in [5.74, 6) is 0.327. The molecule has 5 aromatic rings. The SMILES string of the molecule is CNC(=O)C1(Oc2ccccc2-c2nc3cccc(Cl)c3s2)CCN(C(=O)[C@H]2CC(=O)Nc3ccc(OCCNCC4CCN(c5ccc(C6CCC(=O)NC6=O)cn5)CC4)cc32)CC1. The predicted molar refractivity (Wildman–Crippen MR) is 248 cm³/mol. The number of rotatable bonds is 13. The lowest BCUT2D eigenvalue weighted by atomic mass is 9.86. The number of para-hydroxylation sites is 1. The van der Waals surface area contributed by atoms with Crippen LogP contribution in [-0.4, -0.2) is 103 Å². The topological polar surface area (TPSA) is 184 Å². The second-order valence-corrected chi connectivity index (χ2v) is 18.5. The zero-order chi connectivity index (χ0) is 45.1. The highest BCUT2D eigenvalue weighted by atomic mass is 35.5. The molecule has 3 saturated heterocycles. The first-order valence-electron chi connectivity index (χ1n) is 22.2. The number of thiazole rings is 1. The summed E-state index contributed by atoms with van der Waals surface area (Å²) in [4.78, 5) is 78.1. The van der Waals surface area contributed by atoms with E-state index in [2.05, 4.69) is 31.2 Å².